The molecule has 0 aromatic heterocycles. The minimum Gasteiger partial charge on any atom is -1.00 e. The van der Waals surface area contributed by atoms with Gasteiger partial charge in [0.15, 0.2) is 0 Å². The van der Waals surface area contributed by atoms with Crippen LogP contribution in [0.25, 0.3) is 0 Å². The largest absolute Gasteiger partial charge is 1.00 e. The highest BCUT2D eigenvalue weighted by Gasteiger charge is 2.19. The fourth-order valence-corrected chi connectivity index (χ4v) is 2.81. The molecule has 1 N–H and O–H groups in total. The van der Waals surface area contributed by atoms with Crippen LogP contribution in [0, 0.1) is 0 Å². The molecule has 0 aromatic rings. The highest BCUT2D eigenvalue weighted by Crippen LogP contribution is 2.13. The van der Waals surface area contributed by atoms with Crippen molar-refractivity contribution in [2.24, 2.45) is 0 Å². The van der Waals surface area contributed by atoms with Crippen molar-refractivity contribution in [2.75, 3.05) is 33.3 Å². The summed E-state index contributed by atoms with van der Waals surface area (Å²) in [6.45, 7) is 8.63. The second kappa shape index (κ2) is 16.0. The van der Waals surface area contributed by atoms with Gasteiger partial charge in [-0.05, 0) is 25.7 Å². The van der Waals surface area contributed by atoms with Gasteiger partial charge in [-0.25, -0.2) is 0 Å². The van der Waals surface area contributed by atoms with Gasteiger partial charge < -0.3 is 33.6 Å². The second-order valence-electron chi connectivity index (χ2n) is 6.34. The molecule has 0 rings (SSSR count). The Balaban J connectivity index is 0. The Hall–Kier alpha value is 0.650. The molecule has 0 aliphatic carbocycles. The van der Waals surface area contributed by atoms with Gasteiger partial charge in [0.05, 0.1) is 26.7 Å². The third-order valence-corrected chi connectivity index (χ3v) is 4.21. The molecule has 1 unspecified atom stereocenters. The molecule has 20 heavy (non-hydrogen) atoms. The van der Waals surface area contributed by atoms with E-state index in [0.717, 1.165) is 13.0 Å². The van der Waals surface area contributed by atoms with Crippen molar-refractivity contribution in [3.8, 4) is 0 Å². The summed E-state index contributed by atoms with van der Waals surface area (Å²) in [5.74, 6) is 0. The maximum atomic E-state index is 9.06. The maximum Gasteiger partial charge on any atom is 0.0806 e. The van der Waals surface area contributed by atoms with Crippen LogP contribution >= 0.6 is 0 Å². The lowest BCUT2D eigenvalue weighted by molar-refractivity contribution is -0.910. The highest BCUT2D eigenvalue weighted by atomic mass is 127. The quantitative estimate of drug-likeness (QED) is 0.266. The van der Waals surface area contributed by atoms with Gasteiger partial charge in [0.25, 0.3) is 0 Å². The number of halogens is 1. The lowest BCUT2D eigenvalue weighted by Crippen LogP contribution is -3.00. The predicted octanol–water partition coefficient (Wildman–Crippen LogP) is 1.37. The van der Waals surface area contributed by atoms with E-state index < -0.39 is 0 Å². The second-order valence-corrected chi connectivity index (χ2v) is 6.34. The maximum absolute atomic E-state index is 9.06. The Kier molecular flexibility index (Phi) is 18.4. The number of aliphatic hydroxyl groups excluding tert-OH is 1. The third-order valence-electron chi connectivity index (χ3n) is 4.21. The van der Waals surface area contributed by atoms with E-state index >= 15 is 0 Å². The lowest BCUT2D eigenvalue weighted by Gasteiger charge is -2.35. The van der Waals surface area contributed by atoms with Crippen LogP contribution < -0.4 is 24.0 Å². The summed E-state index contributed by atoms with van der Waals surface area (Å²) in [5, 5.41) is 9.06. The van der Waals surface area contributed by atoms with Crippen LogP contribution in [-0.2, 0) is 0 Å². The van der Waals surface area contributed by atoms with Gasteiger partial charge in [-0.3, -0.25) is 0 Å². The molecular weight excluding hydrogens is 361 g/mol. The molecule has 0 aromatic carbocycles. The van der Waals surface area contributed by atoms with Crippen molar-refractivity contribution >= 4 is 0 Å². The summed E-state index contributed by atoms with van der Waals surface area (Å²) in [6, 6.07) is 0. The Morgan fingerprint density at radius 1 is 0.650 bits per heavy atom. The van der Waals surface area contributed by atoms with E-state index in [1.54, 1.807) is 0 Å². The minimum absolute atomic E-state index is 0. The van der Waals surface area contributed by atoms with Gasteiger partial charge in [-0.2, -0.15) is 0 Å². The Morgan fingerprint density at radius 3 is 1.60 bits per heavy atom. The third kappa shape index (κ3) is 13.6. The van der Waals surface area contributed by atoms with Crippen LogP contribution in [0.15, 0.2) is 0 Å². The zero-order chi connectivity index (χ0) is 14.4. The number of unbranched alkanes of at least 4 members (excludes halogenated alkanes) is 7. The summed E-state index contributed by atoms with van der Waals surface area (Å²) in [7, 11) is 2.39. The first-order chi connectivity index (χ1) is 9.18. The van der Waals surface area contributed by atoms with E-state index in [4.69, 9.17) is 5.11 Å². The molecule has 0 aliphatic heterocycles. The Labute approximate surface area is 144 Å². The first-order valence-electron chi connectivity index (χ1n) is 8.63. The van der Waals surface area contributed by atoms with E-state index in [0.29, 0.717) is 6.61 Å². The van der Waals surface area contributed by atoms with E-state index in [-0.39, 0.29) is 24.0 Å². The molecule has 124 valence electrons. The summed E-state index contributed by atoms with van der Waals surface area (Å²) in [4.78, 5) is 0. The van der Waals surface area contributed by atoms with Gasteiger partial charge in [-0.15, -0.1) is 0 Å². The average molecular weight is 399 g/mol. The zero-order valence-electron chi connectivity index (χ0n) is 14.2. The fourth-order valence-electron chi connectivity index (χ4n) is 2.81. The molecule has 0 aliphatic rings. The zero-order valence-corrected chi connectivity index (χ0v) is 16.3. The van der Waals surface area contributed by atoms with Crippen molar-refractivity contribution in [3.05, 3.63) is 0 Å². The molecule has 0 bridgehead atoms. The normalized spacial score (nSPS) is 13.8. The summed E-state index contributed by atoms with van der Waals surface area (Å²) >= 11 is 0. The number of aliphatic hydroxyl groups is 1. The summed E-state index contributed by atoms with van der Waals surface area (Å²) in [5.41, 5.74) is 0. The van der Waals surface area contributed by atoms with Gasteiger partial charge in [0.1, 0.15) is 0 Å². The Morgan fingerprint density at radius 2 is 1.05 bits per heavy atom. The molecule has 0 amide bonds. The first-order valence-corrected chi connectivity index (χ1v) is 8.63. The molecule has 0 saturated heterocycles. The molecule has 0 heterocycles. The topological polar surface area (TPSA) is 20.2 Å². The van der Waals surface area contributed by atoms with E-state index in [1.807, 2.05) is 0 Å². The Bertz CT molecular complexity index is 190. The van der Waals surface area contributed by atoms with Crippen molar-refractivity contribution in [3.63, 3.8) is 0 Å². The number of nitrogens with zero attached hydrogens (tertiary/aromatic N) is 1. The lowest BCUT2D eigenvalue weighted by atomic mass is 10.1. The monoisotopic (exact) mass is 399 g/mol. The van der Waals surface area contributed by atoms with Crippen molar-refractivity contribution in [1.29, 1.82) is 0 Å². The van der Waals surface area contributed by atoms with Gasteiger partial charge >= 0.3 is 0 Å². The fraction of sp³-hybridized carbons (Fsp3) is 1.00. The minimum atomic E-state index is 0. The number of hydrogen-bond acceptors (Lipinski definition) is 1. The van der Waals surface area contributed by atoms with Crippen molar-refractivity contribution in [1.82, 2.24) is 0 Å². The van der Waals surface area contributed by atoms with Crippen LogP contribution in [0.2, 0.25) is 0 Å². The summed E-state index contributed by atoms with van der Waals surface area (Å²) in [6.07, 6.45) is 13.2. The first kappa shape index (κ1) is 22.9. The SMILES string of the molecule is CCCCCCCC[N+](C)(CCCO)CCCCC.[I-]. The van der Waals surface area contributed by atoms with Gasteiger partial charge in [0, 0.05) is 13.0 Å². The van der Waals surface area contributed by atoms with Crippen LogP contribution in [0.4, 0.5) is 0 Å². The van der Waals surface area contributed by atoms with Crippen LogP contribution in [0.3, 0.4) is 0 Å². The highest BCUT2D eigenvalue weighted by molar-refractivity contribution is 4.48. The average Bonchev–Trinajstić information content (AvgIpc) is 2.41. The van der Waals surface area contributed by atoms with Gasteiger partial charge in [0.2, 0.25) is 0 Å². The number of hydrogen-bond donors (Lipinski definition) is 1. The molecule has 0 spiro atoms. The van der Waals surface area contributed by atoms with Crippen LogP contribution in [0.1, 0.15) is 78.1 Å². The van der Waals surface area contributed by atoms with Crippen LogP contribution in [-0.4, -0.2) is 42.9 Å². The summed E-state index contributed by atoms with van der Waals surface area (Å²) < 4.78 is 1.17. The molecular formula is C17H38INO. The molecule has 0 fully saturated rings. The van der Waals surface area contributed by atoms with E-state index in [2.05, 4.69) is 20.9 Å². The van der Waals surface area contributed by atoms with E-state index in [9.17, 15) is 0 Å². The van der Waals surface area contributed by atoms with E-state index in [1.165, 1.54) is 75.4 Å². The smallest absolute Gasteiger partial charge is 0.0806 e. The van der Waals surface area contributed by atoms with Crippen LogP contribution in [0.5, 0.6) is 0 Å². The molecule has 0 saturated carbocycles. The number of quaternary nitrogens is 1. The van der Waals surface area contributed by atoms with Crippen molar-refractivity contribution < 1.29 is 33.6 Å². The molecule has 0 radical (unpaired) electrons. The van der Waals surface area contributed by atoms with Crippen molar-refractivity contribution in [2.45, 2.75) is 78.1 Å². The molecule has 3 heteroatoms. The molecule has 1 atom stereocenters. The molecule has 2 nitrogen and oxygen atoms in total. The standard InChI is InChI=1S/C17H38NO.HI/c1-4-6-8-9-10-12-15-18(3,16-13-17-19)14-11-7-5-2;/h19H,4-17H2,1-3H3;1H/q+1;/p-1. The predicted molar refractivity (Wildman–Crippen MR) is 85.4 cm³/mol. The van der Waals surface area contributed by atoms with Gasteiger partial charge in [-0.1, -0.05) is 46.0 Å². The number of rotatable bonds is 14.